The Hall–Kier alpha value is -0.780. The summed E-state index contributed by atoms with van der Waals surface area (Å²) in [7, 11) is 0. The van der Waals surface area contributed by atoms with Gasteiger partial charge in [0.2, 0.25) is 0 Å². The molecule has 0 amide bonds. The van der Waals surface area contributed by atoms with Gasteiger partial charge in [0.25, 0.3) is 0 Å². The Balaban J connectivity index is 2.31. The Bertz CT molecular complexity index is 586. The molecule has 2 aromatic rings. The lowest BCUT2D eigenvalue weighted by Crippen LogP contribution is -2.22. The van der Waals surface area contributed by atoms with E-state index in [1.54, 1.807) is 0 Å². The first kappa shape index (κ1) is 16.6. The highest BCUT2D eigenvalue weighted by Crippen LogP contribution is 2.28. The first-order valence-corrected chi connectivity index (χ1v) is 8.52. The van der Waals surface area contributed by atoms with Crippen molar-refractivity contribution in [3.05, 3.63) is 62.2 Å². The van der Waals surface area contributed by atoms with E-state index in [1.165, 1.54) is 11.1 Å². The minimum atomic E-state index is 0.139. The van der Waals surface area contributed by atoms with Crippen LogP contribution < -0.4 is 10.1 Å². The summed E-state index contributed by atoms with van der Waals surface area (Å²) in [5.41, 5.74) is 2.38. The van der Waals surface area contributed by atoms with Crippen LogP contribution in [0.1, 0.15) is 31.0 Å². The zero-order chi connectivity index (χ0) is 15.2. The highest BCUT2D eigenvalue weighted by Gasteiger charge is 2.14. The van der Waals surface area contributed by atoms with Gasteiger partial charge in [0.1, 0.15) is 5.75 Å². The quantitative estimate of drug-likeness (QED) is 0.667. The second kappa shape index (κ2) is 8.01. The van der Waals surface area contributed by atoms with E-state index >= 15 is 0 Å². The van der Waals surface area contributed by atoms with Gasteiger partial charge >= 0.3 is 0 Å². The van der Waals surface area contributed by atoms with Crippen molar-refractivity contribution < 1.29 is 4.74 Å². The molecule has 21 heavy (non-hydrogen) atoms. The van der Waals surface area contributed by atoms with Gasteiger partial charge in [-0.25, -0.2) is 0 Å². The largest absolute Gasteiger partial charge is 0.494 e. The van der Waals surface area contributed by atoms with Crippen LogP contribution in [0, 0.1) is 3.57 Å². The molecule has 0 fully saturated rings. The average molecular weight is 416 g/mol. The molecule has 0 saturated heterocycles. The Morgan fingerprint density at radius 1 is 1.10 bits per heavy atom. The molecule has 0 aliphatic rings. The van der Waals surface area contributed by atoms with Crippen LogP contribution in [-0.2, 0) is 0 Å². The molecule has 0 radical (unpaired) electrons. The molecule has 0 heterocycles. The molecular formula is C17H19ClINO. The number of halogens is 2. The zero-order valence-electron chi connectivity index (χ0n) is 12.2. The lowest BCUT2D eigenvalue weighted by Gasteiger charge is -2.20. The fourth-order valence-corrected chi connectivity index (χ4v) is 2.77. The van der Waals surface area contributed by atoms with Gasteiger partial charge in [0.05, 0.1) is 17.7 Å². The average Bonchev–Trinajstić information content (AvgIpc) is 2.49. The van der Waals surface area contributed by atoms with E-state index in [0.717, 1.165) is 20.9 Å². The molecule has 0 aliphatic heterocycles. The summed E-state index contributed by atoms with van der Waals surface area (Å²) < 4.78 is 6.57. The van der Waals surface area contributed by atoms with Gasteiger partial charge in [0, 0.05) is 3.57 Å². The van der Waals surface area contributed by atoms with E-state index in [1.807, 2.05) is 25.1 Å². The molecule has 1 N–H and O–H groups in total. The molecule has 112 valence electrons. The van der Waals surface area contributed by atoms with Crippen molar-refractivity contribution in [3.63, 3.8) is 0 Å². The van der Waals surface area contributed by atoms with Gasteiger partial charge in [-0.1, -0.05) is 36.7 Å². The first-order chi connectivity index (χ1) is 10.2. The molecule has 0 spiro atoms. The van der Waals surface area contributed by atoms with E-state index in [2.05, 4.69) is 59.1 Å². The topological polar surface area (TPSA) is 21.3 Å². The third-order valence-electron chi connectivity index (χ3n) is 3.21. The Morgan fingerprint density at radius 2 is 1.76 bits per heavy atom. The van der Waals surface area contributed by atoms with Crippen molar-refractivity contribution in [2.75, 3.05) is 13.2 Å². The van der Waals surface area contributed by atoms with Gasteiger partial charge in [-0.3, -0.25) is 0 Å². The molecule has 2 rings (SSSR count). The van der Waals surface area contributed by atoms with Crippen LogP contribution >= 0.6 is 34.2 Å². The van der Waals surface area contributed by atoms with Crippen molar-refractivity contribution in [2.24, 2.45) is 0 Å². The Kier molecular flexibility index (Phi) is 6.33. The van der Waals surface area contributed by atoms with E-state index in [0.29, 0.717) is 6.61 Å². The fraction of sp³-hybridized carbons (Fsp3) is 0.294. The van der Waals surface area contributed by atoms with Gasteiger partial charge in [-0.15, -0.1) is 0 Å². The summed E-state index contributed by atoms with van der Waals surface area (Å²) in [6.07, 6.45) is 0. The monoisotopic (exact) mass is 415 g/mol. The van der Waals surface area contributed by atoms with E-state index < -0.39 is 0 Å². The standard InChI is InChI=1S/C17H19ClINO/c1-3-20-17(13-7-10-16(19)15(18)11-13)12-5-8-14(9-6-12)21-4-2/h5-11,17,20H,3-4H2,1-2H3. The molecule has 1 unspecified atom stereocenters. The summed E-state index contributed by atoms with van der Waals surface area (Å²) in [4.78, 5) is 0. The number of hydrogen-bond acceptors (Lipinski definition) is 2. The highest BCUT2D eigenvalue weighted by molar-refractivity contribution is 14.1. The fourth-order valence-electron chi connectivity index (χ4n) is 2.25. The molecule has 0 aliphatic carbocycles. The highest BCUT2D eigenvalue weighted by atomic mass is 127. The maximum absolute atomic E-state index is 6.26. The van der Waals surface area contributed by atoms with Crippen LogP contribution in [0.25, 0.3) is 0 Å². The minimum absolute atomic E-state index is 0.139. The van der Waals surface area contributed by atoms with Crippen LogP contribution in [0.5, 0.6) is 5.75 Å². The third-order valence-corrected chi connectivity index (χ3v) is 4.78. The summed E-state index contributed by atoms with van der Waals surface area (Å²) >= 11 is 8.50. The second-order valence-electron chi connectivity index (χ2n) is 4.67. The molecule has 0 aromatic heterocycles. The molecule has 2 nitrogen and oxygen atoms in total. The van der Waals surface area contributed by atoms with Gasteiger partial charge < -0.3 is 10.1 Å². The number of ether oxygens (including phenoxy) is 1. The van der Waals surface area contributed by atoms with Gasteiger partial charge in [0.15, 0.2) is 0 Å². The molecule has 0 saturated carbocycles. The summed E-state index contributed by atoms with van der Waals surface area (Å²) in [5, 5.41) is 4.30. The van der Waals surface area contributed by atoms with Crippen molar-refractivity contribution in [1.82, 2.24) is 5.32 Å². The van der Waals surface area contributed by atoms with Gasteiger partial charge in [-0.05, 0) is 71.5 Å². The lowest BCUT2D eigenvalue weighted by molar-refractivity contribution is 0.340. The van der Waals surface area contributed by atoms with Crippen molar-refractivity contribution in [3.8, 4) is 5.75 Å². The Labute approximate surface area is 145 Å². The van der Waals surface area contributed by atoms with E-state index in [-0.39, 0.29) is 6.04 Å². The molecule has 2 aromatic carbocycles. The van der Waals surface area contributed by atoms with Crippen LogP contribution in [0.4, 0.5) is 0 Å². The smallest absolute Gasteiger partial charge is 0.119 e. The SMILES string of the molecule is CCNC(c1ccc(OCC)cc1)c1ccc(I)c(Cl)c1. The van der Waals surface area contributed by atoms with Crippen molar-refractivity contribution >= 4 is 34.2 Å². The number of nitrogens with one attached hydrogen (secondary N) is 1. The molecule has 1 atom stereocenters. The van der Waals surface area contributed by atoms with Crippen molar-refractivity contribution in [2.45, 2.75) is 19.9 Å². The zero-order valence-corrected chi connectivity index (χ0v) is 15.1. The van der Waals surface area contributed by atoms with Crippen LogP contribution in [-0.4, -0.2) is 13.2 Å². The second-order valence-corrected chi connectivity index (χ2v) is 6.24. The summed E-state index contributed by atoms with van der Waals surface area (Å²) in [6.45, 7) is 5.67. The predicted molar refractivity (Wildman–Crippen MR) is 97.3 cm³/mol. The molecule has 4 heteroatoms. The lowest BCUT2D eigenvalue weighted by atomic mass is 9.98. The van der Waals surface area contributed by atoms with Crippen LogP contribution in [0.2, 0.25) is 5.02 Å². The van der Waals surface area contributed by atoms with E-state index in [9.17, 15) is 0 Å². The number of rotatable bonds is 6. The maximum atomic E-state index is 6.26. The van der Waals surface area contributed by atoms with E-state index in [4.69, 9.17) is 16.3 Å². The number of hydrogen-bond donors (Lipinski definition) is 1. The first-order valence-electron chi connectivity index (χ1n) is 7.06. The van der Waals surface area contributed by atoms with Crippen LogP contribution in [0.15, 0.2) is 42.5 Å². The summed E-state index contributed by atoms with van der Waals surface area (Å²) in [6, 6.07) is 14.6. The normalized spacial score (nSPS) is 12.2. The predicted octanol–water partition coefficient (Wildman–Crippen LogP) is 5.04. The van der Waals surface area contributed by atoms with Crippen molar-refractivity contribution in [1.29, 1.82) is 0 Å². The van der Waals surface area contributed by atoms with Crippen LogP contribution in [0.3, 0.4) is 0 Å². The molecule has 0 bridgehead atoms. The summed E-state index contributed by atoms with van der Waals surface area (Å²) in [5.74, 6) is 0.900. The Morgan fingerprint density at radius 3 is 2.33 bits per heavy atom. The molecular weight excluding hydrogens is 397 g/mol. The minimum Gasteiger partial charge on any atom is -0.494 e. The number of benzene rings is 2. The maximum Gasteiger partial charge on any atom is 0.119 e. The van der Waals surface area contributed by atoms with Gasteiger partial charge in [-0.2, -0.15) is 0 Å². The third kappa shape index (κ3) is 4.34.